The molecule has 1 aromatic heterocycles. The molecule has 0 atom stereocenters. The van der Waals surface area contributed by atoms with Crippen molar-refractivity contribution in [1.29, 1.82) is 0 Å². The maximum atomic E-state index is 12.9. The summed E-state index contributed by atoms with van der Waals surface area (Å²) in [7, 11) is -4.18. The topological polar surface area (TPSA) is 75.2 Å². The van der Waals surface area contributed by atoms with Crippen LogP contribution >= 0.6 is 0 Å². The maximum Gasteiger partial charge on any atom is 0.416 e. The Morgan fingerprint density at radius 2 is 1.67 bits per heavy atom. The summed E-state index contributed by atoms with van der Waals surface area (Å²) in [5, 5.41) is 8.62. The molecule has 0 radical (unpaired) electrons. The number of halogens is 3. The second kappa shape index (κ2) is 9.01. The van der Waals surface area contributed by atoms with E-state index in [-0.39, 0.29) is 5.69 Å². The molecule has 0 bridgehead atoms. The third kappa shape index (κ3) is 5.44. The average molecular weight is 477 g/mol. The molecule has 0 spiro atoms. The number of anilines is 2. The van der Waals surface area contributed by atoms with Crippen molar-refractivity contribution < 1.29 is 21.6 Å². The Balaban J connectivity index is 1.46. The normalized spacial score (nSPS) is 15.5. The minimum atomic E-state index is -4.63. The van der Waals surface area contributed by atoms with Crippen LogP contribution in [0.3, 0.4) is 0 Å². The van der Waals surface area contributed by atoms with E-state index in [1.807, 2.05) is 12.1 Å². The van der Waals surface area contributed by atoms with E-state index in [2.05, 4.69) is 26.7 Å². The first-order valence-corrected chi connectivity index (χ1v) is 12.0. The van der Waals surface area contributed by atoms with Crippen LogP contribution in [0.5, 0.6) is 0 Å². The molecule has 4 rings (SSSR count). The van der Waals surface area contributed by atoms with Crippen LogP contribution in [0.4, 0.5) is 24.7 Å². The largest absolute Gasteiger partial charge is 0.416 e. The van der Waals surface area contributed by atoms with E-state index < -0.39 is 26.7 Å². The van der Waals surface area contributed by atoms with Gasteiger partial charge < -0.3 is 4.90 Å². The molecule has 33 heavy (non-hydrogen) atoms. The highest BCUT2D eigenvalue weighted by molar-refractivity contribution is 7.92. The minimum absolute atomic E-state index is 0.225. The Labute approximate surface area is 190 Å². The standard InChI is InChI=1S/C23H23F3N4O2S/c1-16-11-13-30(14-12-16)22-10-9-21(27-28-22)17-5-7-19(8-6-17)29-33(31,32)20-4-2-3-18(15-20)23(24,25)26/h2-10,15-16,29H,11-14H2,1H3. The molecule has 174 valence electrons. The van der Waals surface area contributed by atoms with E-state index >= 15 is 0 Å². The van der Waals surface area contributed by atoms with Crippen LogP contribution in [0, 0.1) is 5.92 Å². The molecule has 0 unspecified atom stereocenters. The fourth-order valence-electron chi connectivity index (χ4n) is 3.65. The highest BCUT2D eigenvalue weighted by atomic mass is 32.2. The van der Waals surface area contributed by atoms with Gasteiger partial charge in [-0.25, -0.2) is 8.42 Å². The first-order valence-electron chi connectivity index (χ1n) is 10.5. The summed E-state index contributed by atoms with van der Waals surface area (Å²) >= 11 is 0. The van der Waals surface area contributed by atoms with E-state index in [0.717, 1.165) is 61.4 Å². The van der Waals surface area contributed by atoms with Crippen molar-refractivity contribution in [3.8, 4) is 11.3 Å². The van der Waals surface area contributed by atoms with Gasteiger partial charge in [0.05, 0.1) is 16.2 Å². The summed E-state index contributed by atoms with van der Waals surface area (Å²) in [6.45, 7) is 4.15. The SMILES string of the molecule is CC1CCN(c2ccc(-c3ccc(NS(=O)(=O)c4cccc(C(F)(F)F)c4)cc3)nn2)CC1. The molecule has 0 amide bonds. The zero-order chi connectivity index (χ0) is 23.6. The quantitative estimate of drug-likeness (QED) is 0.548. The van der Waals surface area contributed by atoms with E-state index in [1.165, 1.54) is 12.1 Å². The van der Waals surface area contributed by atoms with Gasteiger partial charge in [0.2, 0.25) is 0 Å². The van der Waals surface area contributed by atoms with Gasteiger partial charge >= 0.3 is 6.18 Å². The molecule has 0 aliphatic carbocycles. The number of nitrogens with one attached hydrogen (secondary N) is 1. The Bertz CT molecular complexity index is 1210. The summed E-state index contributed by atoms with van der Waals surface area (Å²) < 4.78 is 66.1. The van der Waals surface area contributed by atoms with E-state index in [0.29, 0.717) is 11.8 Å². The van der Waals surface area contributed by atoms with Gasteiger partial charge in [0.25, 0.3) is 10.0 Å². The molecule has 2 heterocycles. The number of rotatable bonds is 5. The Kier molecular flexibility index (Phi) is 6.29. The van der Waals surface area contributed by atoms with Crippen LogP contribution in [-0.2, 0) is 16.2 Å². The molecule has 1 saturated heterocycles. The van der Waals surface area contributed by atoms with Gasteiger partial charge in [0.15, 0.2) is 5.82 Å². The number of sulfonamides is 1. The highest BCUT2D eigenvalue weighted by Gasteiger charge is 2.31. The van der Waals surface area contributed by atoms with Gasteiger partial charge in [-0.2, -0.15) is 13.2 Å². The number of benzene rings is 2. The molecule has 1 fully saturated rings. The lowest BCUT2D eigenvalue weighted by molar-refractivity contribution is -0.137. The fourth-order valence-corrected chi connectivity index (χ4v) is 4.75. The van der Waals surface area contributed by atoms with Gasteiger partial charge in [0, 0.05) is 24.3 Å². The van der Waals surface area contributed by atoms with Crippen molar-refractivity contribution >= 4 is 21.5 Å². The van der Waals surface area contributed by atoms with Crippen LogP contribution in [0.25, 0.3) is 11.3 Å². The van der Waals surface area contributed by atoms with Crippen LogP contribution in [0.2, 0.25) is 0 Å². The molecule has 1 aliphatic rings. The number of hydrogen-bond donors (Lipinski definition) is 1. The van der Waals surface area contributed by atoms with Crippen LogP contribution in [0.15, 0.2) is 65.6 Å². The molecular formula is C23H23F3N4O2S. The average Bonchev–Trinajstić information content (AvgIpc) is 2.80. The Morgan fingerprint density at radius 1 is 0.970 bits per heavy atom. The molecule has 3 aromatic rings. The van der Waals surface area contributed by atoms with Crippen molar-refractivity contribution in [1.82, 2.24) is 10.2 Å². The number of piperidine rings is 1. The van der Waals surface area contributed by atoms with Crippen molar-refractivity contribution in [2.24, 2.45) is 5.92 Å². The molecule has 2 aromatic carbocycles. The van der Waals surface area contributed by atoms with E-state index in [1.54, 1.807) is 12.1 Å². The minimum Gasteiger partial charge on any atom is -0.355 e. The number of alkyl halides is 3. The summed E-state index contributed by atoms with van der Waals surface area (Å²) in [6, 6.07) is 13.8. The van der Waals surface area contributed by atoms with Crippen molar-refractivity contribution in [3.05, 3.63) is 66.2 Å². The van der Waals surface area contributed by atoms with Gasteiger partial charge in [-0.1, -0.05) is 25.1 Å². The lowest BCUT2D eigenvalue weighted by Gasteiger charge is -2.30. The predicted molar refractivity (Wildman–Crippen MR) is 120 cm³/mol. The fraction of sp³-hybridized carbons (Fsp3) is 0.304. The zero-order valence-corrected chi connectivity index (χ0v) is 18.7. The first kappa shape index (κ1) is 23.0. The molecule has 1 aliphatic heterocycles. The lowest BCUT2D eigenvalue weighted by Crippen LogP contribution is -2.33. The highest BCUT2D eigenvalue weighted by Crippen LogP contribution is 2.31. The monoisotopic (exact) mass is 476 g/mol. The molecule has 10 heteroatoms. The van der Waals surface area contributed by atoms with E-state index in [4.69, 9.17) is 0 Å². The molecule has 6 nitrogen and oxygen atoms in total. The van der Waals surface area contributed by atoms with Gasteiger partial charge in [-0.05, 0) is 61.2 Å². The summed E-state index contributed by atoms with van der Waals surface area (Å²) in [5.41, 5.74) is 0.574. The zero-order valence-electron chi connectivity index (χ0n) is 17.9. The lowest BCUT2D eigenvalue weighted by atomic mass is 9.99. The Morgan fingerprint density at radius 3 is 2.27 bits per heavy atom. The summed E-state index contributed by atoms with van der Waals surface area (Å²) in [4.78, 5) is 1.75. The van der Waals surface area contributed by atoms with E-state index in [9.17, 15) is 21.6 Å². The smallest absolute Gasteiger partial charge is 0.355 e. The van der Waals surface area contributed by atoms with Gasteiger partial charge in [0.1, 0.15) is 0 Å². The number of hydrogen-bond acceptors (Lipinski definition) is 5. The van der Waals surface area contributed by atoms with Gasteiger partial charge in [-0.15, -0.1) is 10.2 Å². The van der Waals surface area contributed by atoms with Crippen molar-refractivity contribution in [2.45, 2.75) is 30.8 Å². The first-order chi connectivity index (χ1) is 15.6. The van der Waals surface area contributed by atoms with Gasteiger partial charge in [-0.3, -0.25) is 4.72 Å². The third-order valence-corrected chi connectivity index (χ3v) is 7.04. The van der Waals surface area contributed by atoms with Crippen LogP contribution in [-0.4, -0.2) is 31.7 Å². The third-order valence-electron chi connectivity index (χ3n) is 5.66. The van der Waals surface area contributed by atoms with Crippen molar-refractivity contribution in [2.75, 3.05) is 22.7 Å². The number of nitrogens with zero attached hydrogens (tertiary/aromatic N) is 3. The molecule has 0 saturated carbocycles. The second-order valence-corrected chi connectivity index (χ2v) is 9.84. The maximum absolute atomic E-state index is 12.9. The second-order valence-electron chi connectivity index (χ2n) is 8.15. The van der Waals surface area contributed by atoms with Crippen molar-refractivity contribution in [3.63, 3.8) is 0 Å². The summed E-state index contributed by atoms with van der Waals surface area (Å²) in [5.74, 6) is 1.55. The Hall–Kier alpha value is -3.14. The molecule has 1 N–H and O–H groups in total. The van der Waals surface area contributed by atoms with Crippen LogP contribution < -0.4 is 9.62 Å². The molecular weight excluding hydrogens is 453 g/mol. The van der Waals surface area contributed by atoms with Crippen LogP contribution in [0.1, 0.15) is 25.3 Å². The number of aromatic nitrogens is 2. The predicted octanol–water partition coefficient (Wildman–Crippen LogP) is 5.20. The summed E-state index contributed by atoms with van der Waals surface area (Å²) in [6.07, 6.45) is -2.38.